The second-order valence-corrected chi connectivity index (χ2v) is 9.28. The van der Waals surface area contributed by atoms with Crippen LogP contribution in [-0.4, -0.2) is 45.4 Å². The van der Waals surface area contributed by atoms with Gasteiger partial charge in [-0.05, 0) is 55.9 Å². The van der Waals surface area contributed by atoms with Gasteiger partial charge in [-0.25, -0.2) is 4.68 Å². The van der Waals surface area contributed by atoms with Gasteiger partial charge in [0, 0.05) is 31.0 Å². The Balaban J connectivity index is 1.55. The van der Waals surface area contributed by atoms with E-state index in [-0.39, 0.29) is 28.9 Å². The summed E-state index contributed by atoms with van der Waals surface area (Å²) in [6, 6.07) is 7.36. The van der Waals surface area contributed by atoms with Gasteiger partial charge in [0.05, 0.1) is 22.6 Å². The van der Waals surface area contributed by atoms with Crippen LogP contribution in [0.15, 0.2) is 24.3 Å². The number of rotatable bonds is 3. The third-order valence-corrected chi connectivity index (χ3v) is 6.26. The molecule has 2 heterocycles. The Morgan fingerprint density at radius 2 is 1.73 bits per heavy atom. The van der Waals surface area contributed by atoms with Crippen LogP contribution in [0.25, 0.3) is 5.69 Å². The van der Waals surface area contributed by atoms with E-state index < -0.39 is 0 Å². The third-order valence-electron chi connectivity index (χ3n) is 6.26. The van der Waals surface area contributed by atoms with Crippen LogP contribution in [0.4, 0.5) is 0 Å². The molecular formula is C23H28N4O3. The number of Topliss-reactive ketones (excluding diaryl/α,β-unsaturated/α-hetero) is 1. The summed E-state index contributed by atoms with van der Waals surface area (Å²) in [6.45, 7) is 7.15. The van der Waals surface area contributed by atoms with Gasteiger partial charge >= 0.3 is 0 Å². The Morgan fingerprint density at radius 1 is 1.10 bits per heavy atom. The fourth-order valence-corrected chi connectivity index (χ4v) is 4.65. The van der Waals surface area contributed by atoms with Crippen LogP contribution < -0.4 is 5.73 Å². The first-order valence-electron chi connectivity index (χ1n) is 10.5. The van der Waals surface area contributed by atoms with Gasteiger partial charge in [0.15, 0.2) is 5.78 Å². The number of amides is 2. The number of fused-ring (bicyclic) bond motifs is 1. The topological polar surface area (TPSA) is 98.3 Å². The number of carbonyl (C=O) groups is 3. The lowest BCUT2D eigenvalue weighted by Crippen LogP contribution is -2.41. The van der Waals surface area contributed by atoms with E-state index in [1.54, 1.807) is 17.0 Å². The number of carbonyl (C=O) groups excluding carboxylic acids is 3. The Bertz CT molecular complexity index is 1010. The molecule has 0 saturated carbocycles. The van der Waals surface area contributed by atoms with Crippen LogP contribution in [-0.2, 0) is 11.2 Å². The summed E-state index contributed by atoms with van der Waals surface area (Å²) in [7, 11) is 0. The normalized spacial score (nSPS) is 18.9. The number of piperidine rings is 1. The zero-order valence-corrected chi connectivity index (χ0v) is 17.8. The molecule has 7 nitrogen and oxygen atoms in total. The largest absolute Gasteiger partial charge is 0.369 e. The summed E-state index contributed by atoms with van der Waals surface area (Å²) in [5.74, 6) is -0.320. The molecule has 1 aliphatic carbocycles. The summed E-state index contributed by atoms with van der Waals surface area (Å²) in [5, 5.41) is 4.62. The molecule has 2 aromatic rings. The number of hydrogen-bond acceptors (Lipinski definition) is 4. The van der Waals surface area contributed by atoms with Crippen LogP contribution >= 0.6 is 0 Å². The maximum atomic E-state index is 12.8. The second-order valence-electron chi connectivity index (χ2n) is 9.28. The molecule has 1 aromatic heterocycles. The molecule has 0 unspecified atom stereocenters. The summed E-state index contributed by atoms with van der Waals surface area (Å²) < 4.78 is 1.84. The number of primary amides is 1. The van der Waals surface area contributed by atoms with Gasteiger partial charge in [-0.2, -0.15) is 5.10 Å². The minimum absolute atomic E-state index is 0.0422. The third kappa shape index (κ3) is 3.64. The van der Waals surface area contributed by atoms with Crippen LogP contribution in [0.1, 0.15) is 65.2 Å². The fourth-order valence-electron chi connectivity index (χ4n) is 4.65. The van der Waals surface area contributed by atoms with Crippen molar-refractivity contribution >= 4 is 17.6 Å². The molecule has 2 amide bonds. The molecule has 0 atom stereocenters. The van der Waals surface area contributed by atoms with Crippen LogP contribution in [0.3, 0.4) is 0 Å². The highest BCUT2D eigenvalue weighted by Crippen LogP contribution is 2.37. The quantitative estimate of drug-likeness (QED) is 0.844. The van der Waals surface area contributed by atoms with Gasteiger partial charge in [0.1, 0.15) is 0 Å². The average Bonchev–Trinajstić information content (AvgIpc) is 3.02. The SMILES string of the molecule is Cc1nn(-c2ccc(C(=O)N3CCC(C(N)=O)CC3)cc2)c2c1C(=O)CC(C)(C)C2. The van der Waals surface area contributed by atoms with E-state index in [1.165, 1.54) is 0 Å². The zero-order chi connectivity index (χ0) is 21.6. The first-order valence-corrected chi connectivity index (χ1v) is 10.5. The number of aryl methyl sites for hydroxylation is 1. The molecule has 1 fully saturated rings. The second kappa shape index (κ2) is 7.38. The van der Waals surface area contributed by atoms with Crippen LogP contribution in [0, 0.1) is 18.3 Å². The fraction of sp³-hybridized carbons (Fsp3) is 0.478. The van der Waals surface area contributed by atoms with Crippen molar-refractivity contribution in [3.63, 3.8) is 0 Å². The lowest BCUT2D eigenvalue weighted by molar-refractivity contribution is -0.123. The number of aromatic nitrogens is 2. The molecule has 30 heavy (non-hydrogen) atoms. The molecule has 1 saturated heterocycles. The Labute approximate surface area is 176 Å². The number of likely N-dealkylation sites (tertiary alicyclic amines) is 1. The number of ketones is 1. The highest BCUT2D eigenvalue weighted by atomic mass is 16.2. The van der Waals surface area contributed by atoms with Gasteiger partial charge in [-0.3, -0.25) is 14.4 Å². The molecule has 2 N–H and O–H groups in total. The molecule has 0 radical (unpaired) electrons. The highest BCUT2D eigenvalue weighted by Gasteiger charge is 2.35. The number of benzene rings is 1. The maximum absolute atomic E-state index is 12.8. The minimum atomic E-state index is -0.286. The van der Waals surface area contributed by atoms with Gasteiger partial charge < -0.3 is 10.6 Å². The predicted octanol–water partition coefficient (Wildman–Crippen LogP) is 2.67. The number of nitrogens with two attached hydrogens (primary N) is 1. The summed E-state index contributed by atoms with van der Waals surface area (Å²) >= 11 is 0. The summed E-state index contributed by atoms with van der Waals surface area (Å²) in [6.07, 6.45) is 2.54. The molecule has 1 aliphatic heterocycles. The highest BCUT2D eigenvalue weighted by molar-refractivity contribution is 6.00. The lowest BCUT2D eigenvalue weighted by Gasteiger charge is -2.30. The van der Waals surface area contributed by atoms with E-state index in [4.69, 9.17) is 5.73 Å². The monoisotopic (exact) mass is 408 g/mol. The molecule has 1 aromatic carbocycles. The smallest absolute Gasteiger partial charge is 0.253 e. The average molecular weight is 409 g/mol. The Hall–Kier alpha value is -2.96. The molecule has 7 heteroatoms. The van der Waals surface area contributed by atoms with Crippen molar-refractivity contribution in [2.75, 3.05) is 13.1 Å². The van der Waals surface area contributed by atoms with Gasteiger partial charge in [0.2, 0.25) is 5.91 Å². The van der Waals surface area contributed by atoms with Crippen LogP contribution in [0.5, 0.6) is 0 Å². The van der Waals surface area contributed by atoms with Gasteiger partial charge in [-0.1, -0.05) is 13.8 Å². The van der Waals surface area contributed by atoms with Crippen molar-refractivity contribution in [1.82, 2.24) is 14.7 Å². The van der Waals surface area contributed by atoms with Crippen molar-refractivity contribution in [3.05, 3.63) is 46.8 Å². The standard InChI is InChI=1S/C23H28N4O3/c1-14-20-18(12-23(2,3)13-19(20)28)27(25-14)17-6-4-16(5-7-17)22(30)26-10-8-15(9-11-26)21(24)29/h4-7,15H,8-13H2,1-3H3,(H2,24,29). The molecule has 4 rings (SSSR count). The van der Waals surface area contributed by atoms with E-state index in [0.717, 1.165) is 29.1 Å². The summed E-state index contributed by atoms with van der Waals surface area (Å²) in [4.78, 5) is 38.5. The lowest BCUT2D eigenvalue weighted by atomic mass is 9.75. The minimum Gasteiger partial charge on any atom is -0.369 e. The van der Waals surface area contributed by atoms with E-state index in [9.17, 15) is 14.4 Å². The first kappa shape index (κ1) is 20.3. The maximum Gasteiger partial charge on any atom is 0.253 e. The van der Waals surface area contributed by atoms with E-state index in [1.807, 2.05) is 23.7 Å². The Kier molecular flexibility index (Phi) is 5.00. The molecule has 158 valence electrons. The zero-order valence-electron chi connectivity index (χ0n) is 17.8. The number of hydrogen-bond donors (Lipinski definition) is 1. The predicted molar refractivity (Wildman–Crippen MR) is 113 cm³/mol. The van der Waals surface area contributed by atoms with Gasteiger partial charge in [0.25, 0.3) is 5.91 Å². The van der Waals surface area contributed by atoms with Crippen molar-refractivity contribution < 1.29 is 14.4 Å². The van der Waals surface area contributed by atoms with E-state index in [2.05, 4.69) is 18.9 Å². The number of nitrogens with zero attached hydrogens (tertiary/aromatic N) is 3. The molecule has 0 spiro atoms. The van der Waals surface area contributed by atoms with E-state index in [0.29, 0.717) is 37.9 Å². The van der Waals surface area contributed by atoms with Crippen molar-refractivity contribution in [3.8, 4) is 5.69 Å². The molecule has 2 aliphatic rings. The Morgan fingerprint density at radius 3 is 2.33 bits per heavy atom. The van der Waals surface area contributed by atoms with Crippen molar-refractivity contribution in [2.45, 2.75) is 46.5 Å². The van der Waals surface area contributed by atoms with Crippen LogP contribution in [0.2, 0.25) is 0 Å². The first-order chi connectivity index (χ1) is 14.2. The van der Waals surface area contributed by atoms with Crippen molar-refractivity contribution in [1.29, 1.82) is 0 Å². The molecule has 0 bridgehead atoms. The van der Waals surface area contributed by atoms with Crippen molar-refractivity contribution in [2.24, 2.45) is 17.1 Å². The van der Waals surface area contributed by atoms with E-state index >= 15 is 0 Å². The molecular weight excluding hydrogens is 380 g/mol. The van der Waals surface area contributed by atoms with Gasteiger partial charge in [-0.15, -0.1) is 0 Å². The summed E-state index contributed by atoms with van der Waals surface area (Å²) in [5.41, 5.74) is 9.16.